The molecule has 0 saturated heterocycles. The minimum absolute atomic E-state index is 0.120. The molecule has 0 radical (unpaired) electrons. The smallest absolute Gasteiger partial charge is 0.319 e. The van der Waals surface area contributed by atoms with Crippen LogP contribution in [-0.2, 0) is 13.1 Å². The molecule has 0 aliphatic rings. The molecule has 0 unspecified atom stereocenters. The second-order valence-electron chi connectivity index (χ2n) is 5.01. The van der Waals surface area contributed by atoms with Crippen LogP contribution in [0.4, 0.5) is 5.69 Å². The average molecular weight is 306 g/mol. The maximum atomic E-state index is 12.4. The van der Waals surface area contributed by atoms with Crippen molar-refractivity contribution in [2.24, 2.45) is 0 Å². The van der Waals surface area contributed by atoms with Gasteiger partial charge in [0.25, 0.3) is 5.91 Å². The van der Waals surface area contributed by atoms with Crippen LogP contribution >= 0.6 is 0 Å². The van der Waals surface area contributed by atoms with Gasteiger partial charge >= 0.3 is 5.69 Å². The molecule has 0 bridgehead atoms. The maximum Gasteiger partial charge on any atom is 0.319 e. The van der Waals surface area contributed by atoms with Crippen molar-refractivity contribution >= 4 is 11.6 Å². The van der Waals surface area contributed by atoms with Crippen LogP contribution in [0.25, 0.3) is 0 Å². The van der Waals surface area contributed by atoms with Gasteiger partial charge < -0.3 is 4.90 Å². The fourth-order valence-corrected chi connectivity index (χ4v) is 2.35. The van der Waals surface area contributed by atoms with E-state index in [1.807, 2.05) is 25.5 Å². The van der Waals surface area contributed by atoms with Crippen molar-refractivity contribution in [3.8, 4) is 0 Å². The van der Waals surface area contributed by atoms with E-state index < -0.39 is 10.8 Å². The number of nitrogens with zero attached hydrogens (tertiary/aromatic N) is 5. The highest BCUT2D eigenvalue weighted by molar-refractivity contribution is 5.95. The Balaban J connectivity index is 2.24. The molecule has 9 nitrogen and oxygen atoms in total. The lowest BCUT2D eigenvalue weighted by molar-refractivity contribution is -0.385. The van der Waals surface area contributed by atoms with E-state index >= 15 is 0 Å². The molecular weight excluding hydrogens is 288 g/mol. The highest BCUT2D eigenvalue weighted by Crippen LogP contribution is 2.19. The first-order valence-electron chi connectivity index (χ1n) is 6.82. The second kappa shape index (κ2) is 5.96. The molecule has 0 aliphatic heterocycles. The first-order valence-corrected chi connectivity index (χ1v) is 6.82. The third kappa shape index (κ3) is 2.69. The number of carbonyl (C=O) groups excluding carboxylic acids is 1. The Bertz CT molecular complexity index is 717. The van der Waals surface area contributed by atoms with Gasteiger partial charge in [0.1, 0.15) is 6.20 Å². The zero-order chi connectivity index (χ0) is 16.4. The van der Waals surface area contributed by atoms with Crippen molar-refractivity contribution in [1.82, 2.24) is 24.9 Å². The topological polar surface area (TPSA) is 110 Å². The van der Waals surface area contributed by atoms with Crippen LogP contribution < -0.4 is 0 Å². The van der Waals surface area contributed by atoms with E-state index in [9.17, 15) is 14.9 Å². The van der Waals surface area contributed by atoms with Gasteiger partial charge in [-0.15, -0.1) is 0 Å². The second-order valence-corrected chi connectivity index (χ2v) is 5.01. The number of nitrogens with one attached hydrogen (secondary N) is 1. The van der Waals surface area contributed by atoms with E-state index in [1.165, 1.54) is 4.90 Å². The first kappa shape index (κ1) is 15.7. The third-order valence-electron chi connectivity index (χ3n) is 3.60. The van der Waals surface area contributed by atoms with E-state index in [-0.39, 0.29) is 11.4 Å². The number of carbonyl (C=O) groups is 1. The lowest BCUT2D eigenvalue weighted by atomic mass is 10.2. The summed E-state index contributed by atoms with van der Waals surface area (Å²) in [5.74, 6) is -0.479. The molecule has 0 spiro atoms. The molecule has 2 rings (SSSR count). The largest absolute Gasteiger partial charge is 0.336 e. The van der Waals surface area contributed by atoms with Crippen LogP contribution in [-0.4, -0.2) is 42.8 Å². The van der Waals surface area contributed by atoms with E-state index in [0.717, 1.165) is 29.7 Å². The number of aromatic amines is 1. The molecular formula is C13H18N6O3. The first-order chi connectivity index (χ1) is 10.4. The summed E-state index contributed by atoms with van der Waals surface area (Å²) in [4.78, 5) is 24.0. The normalized spacial score (nSPS) is 10.7. The molecule has 2 heterocycles. The zero-order valence-electron chi connectivity index (χ0n) is 13.0. The van der Waals surface area contributed by atoms with Crippen LogP contribution in [0.2, 0.25) is 0 Å². The number of H-pyrrole nitrogens is 1. The van der Waals surface area contributed by atoms with Crippen LogP contribution in [0.5, 0.6) is 0 Å². The highest BCUT2D eigenvalue weighted by atomic mass is 16.6. The van der Waals surface area contributed by atoms with Crippen molar-refractivity contribution < 1.29 is 9.72 Å². The number of rotatable bonds is 5. The Morgan fingerprint density at radius 1 is 1.50 bits per heavy atom. The molecule has 9 heteroatoms. The lowest BCUT2D eigenvalue weighted by Crippen LogP contribution is -2.27. The van der Waals surface area contributed by atoms with Gasteiger partial charge in [0.15, 0.2) is 0 Å². The highest BCUT2D eigenvalue weighted by Gasteiger charge is 2.26. The fourth-order valence-electron chi connectivity index (χ4n) is 2.35. The summed E-state index contributed by atoms with van der Waals surface area (Å²) in [6, 6.07) is 0. The number of hydrogen-bond acceptors (Lipinski definition) is 5. The Hall–Kier alpha value is -2.71. The zero-order valence-corrected chi connectivity index (χ0v) is 13.0. The minimum atomic E-state index is -0.629. The Kier molecular flexibility index (Phi) is 4.25. The van der Waals surface area contributed by atoms with Gasteiger partial charge in [0.05, 0.1) is 10.6 Å². The number of nitro groups is 1. The van der Waals surface area contributed by atoms with E-state index in [1.54, 1.807) is 7.05 Å². The summed E-state index contributed by atoms with van der Waals surface area (Å²) in [7, 11) is 1.59. The van der Waals surface area contributed by atoms with Gasteiger partial charge in [0, 0.05) is 31.4 Å². The van der Waals surface area contributed by atoms with Gasteiger partial charge in [-0.05, 0) is 20.8 Å². The van der Waals surface area contributed by atoms with Crippen molar-refractivity contribution in [2.75, 3.05) is 7.05 Å². The molecule has 0 fully saturated rings. The number of hydrogen-bond donors (Lipinski definition) is 1. The van der Waals surface area contributed by atoms with Crippen LogP contribution in [0.1, 0.15) is 34.4 Å². The molecule has 2 aromatic heterocycles. The van der Waals surface area contributed by atoms with Crippen molar-refractivity contribution in [3.63, 3.8) is 0 Å². The van der Waals surface area contributed by atoms with Gasteiger partial charge in [-0.1, -0.05) is 0 Å². The molecule has 0 saturated carbocycles. The van der Waals surface area contributed by atoms with E-state index in [4.69, 9.17) is 0 Å². The van der Waals surface area contributed by atoms with Gasteiger partial charge in [-0.2, -0.15) is 10.2 Å². The van der Waals surface area contributed by atoms with Crippen molar-refractivity contribution in [1.29, 1.82) is 0 Å². The van der Waals surface area contributed by atoms with Crippen LogP contribution in [0.3, 0.4) is 0 Å². The van der Waals surface area contributed by atoms with Gasteiger partial charge in [-0.3, -0.25) is 24.7 Å². The molecule has 1 amide bonds. The Morgan fingerprint density at radius 2 is 2.18 bits per heavy atom. The predicted octanol–water partition coefficient (Wildman–Crippen LogP) is 1.42. The summed E-state index contributed by atoms with van der Waals surface area (Å²) in [5.41, 5.74) is 2.33. The third-order valence-corrected chi connectivity index (χ3v) is 3.60. The molecule has 1 N–H and O–H groups in total. The summed E-state index contributed by atoms with van der Waals surface area (Å²) >= 11 is 0. The predicted molar refractivity (Wildman–Crippen MR) is 78.4 cm³/mol. The van der Waals surface area contributed by atoms with Crippen LogP contribution in [0, 0.1) is 24.0 Å². The Morgan fingerprint density at radius 3 is 2.73 bits per heavy atom. The van der Waals surface area contributed by atoms with E-state index in [2.05, 4.69) is 15.3 Å². The standard InChI is InChI=1S/C13H18N6O3/c1-5-18-9(3)10(8(2)16-18)7-17(4)13(20)12-11(19(21)22)6-14-15-12/h6H,5,7H2,1-4H3,(H,14,15). The molecule has 118 valence electrons. The Labute approximate surface area is 127 Å². The van der Waals surface area contributed by atoms with E-state index in [0.29, 0.717) is 6.54 Å². The van der Waals surface area contributed by atoms with Crippen LogP contribution in [0.15, 0.2) is 6.20 Å². The van der Waals surface area contributed by atoms with Gasteiger partial charge in [-0.25, -0.2) is 0 Å². The maximum absolute atomic E-state index is 12.4. The molecule has 0 aromatic carbocycles. The SMILES string of the molecule is CCn1nc(C)c(CN(C)C(=O)c2[nH]ncc2[N+](=O)[O-])c1C. The summed E-state index contributed by atoms with van der Waals surface area (Å²) < 4.78 is 1.86. The molecule has 0 aliphatic carbocycles. The summed E-state index contributed by atoms with van der Waals surface area (Å²) in [6.45, 7) is 6.89. The van der Waals surface area contributed by atoms with Gasteiger partial charge in [0.2, 0.25) is 5.69 Å². The number of amides is 1. The number of aryl methyl sites for hydroxylation is 2. The molecule has 2 aromatic rings. The summed E-state index contributed by atoms with van der Waals surface area (Å²) in [6.07, 6.45) is 1.03. The minimum Gasteiger partial charge on any atom is -0.336 e. The number of aromatic nitrogens is 4. The monoisotopic (exact) mass is 306 g/mol. The van der Waals surface area contributed by atoms with Crippen molar-refractivity contribution in [2.45, 2.75) is 33.9 Å². The summed E-state index contributed by atoms with van der Waals surface area (Å²) in [5, 5.41) is 21.3. The average Bonchev–Trinajstić information content (AvgIpc) is 3.06. The lowest BCUT2D eigenvalue weighted by Gasteiger charge is -2.16. The quantitative estimate of drug-likeness (QED) is 0.663. The van der Waals surface area contributed by atoms with Crippen molar-refractivity contribution in [3.05, 3.63) is 39.0 Å². The molecule has 0 atom stereocenters. The fraction of sp³-hybridized carbons (Fsp3) is 0.462. The molecule has 22 heavy (non-hydrogen) atoms.